The molecular weight excluding hydrogens is 248 g/mol. The summed E-state index contributed by atoms with van der Waals surface area (Å²) in [7, 11) is 0. The molecule has 1 aromatic rings. The average Bonchev–Trinajstić information content (AvgIpc) is 2.50. The van der Waals surface area contributed by atoms with E-state index in [2.05, 4.69) is 46.8 Å². The van der Waals surface area contributed by atoms with Crippen molar-refractivity contribution >= 4 is 0 Å². The van der Waals surface area contributed by atoms with E-state index in [1.807, 2.05) is 6.07 Å². The first-order chi connectivity index (χ1) is 9.83. The highest BCUT2D eigenvalue weighted by Crippen LogP contribution is 2.12. The number of aliphatic hydroxyl groups excluding tert-OH is 1. The van der Waals surface area contributed by atoms with Gasteiger partial charge >= 0.3 is 0 Å². The van der Waals surface area contributed by atoms with E-state index in [0.717, 1.165) is 44.8 Å². The second-order valence-corrected chi connectivity index (χ2v) is 5.14. The van der Waals surface area contributed by atoms with Crippen molar-refractivity contribution in [3.05, 3.63) is 35.4 Å². The Morgan fingerprint density at radius 2 is 1.80 bits per heavy atom. The van der Waals surface area contributed by atoms with Crippen LogP contribution in [0.5, 0.6) is 0 Å². The van der Waals surface area contributed by atoms with Crippen molar-refractivity contribution in [3.63, 3.8) is 0 Å². The fourth-order valence-corrected chi connectivity index (χ4v) is 2.50. The smallest absolute Gasteiger partial charge is 0.0540 e. The molecule has 20 heavy (non-hydrogen) atoms. The van der Waals surface area contributed by atoms with Crippen LogP contribution in [0.4, 0.5) is 0 Å². The van der Waals surface area contributed by atoms with Gasteiger partial charge in [0.2, 0.25) is 0 Å². The third-order valence-corrected chi connectivity index (χ3v) is 3.78. The third-order valence-electron chi connectivity index (χ3n) is 3.78. The zero-order chi connectivity index (χ0) is 14.2. The van der Waals surface area contributed by atoms with E-state index in [-0.39, 0.29) is 6.61 Å². The first-order valence-corrected chi connectivity index (χ1v) is 7.46. The van der Waals surface area contributed by atoms with Crippen LogP contribution in [0.3, 0.4) is 0 Å². The van der Waals surface area contributed by atoms with Crippen LogP contribution in [0.15, 0.2) is 24.3 Å². The first-order valence-electron chi connectivity index (χ1n) is 7.46. The largest absolute Gasteiger partial charge is 0.395 e. The molecule has 0 spiro atoms. The van der Waals surface area contributed by atoms with Gasteiger partial charge < -0.3 is 10.0 Å². The molecule has 108 valence electrons. The van der Waals surface area contributed by atoms with Crippen LogP contribution in [0.1, 0.15) is 24.5 Å². The Bertz CT molecular complexity index is 467. The van der Waals surface area contributed by atoms with Gasteiger partial charge in [0.15, 0.2) is 0 Å². The molecule has 0 aliphatic carbocycles. The minimum absolute atomic E-state index is 0.133. The molecule has 1 fully saturated rings. The number of hydrogen-bond acceptors (Lipinski definition) is 3. The Morgan fingerprint density at radius 3 is 2.50 bits per heavy atom. The summed E-state index contributed by atoms with van der Waals surface area (Å²) in [5.74, 6) is 6.20. The van der Waals surface area contributed by atoms with Gasteiger partial charge in [-0.3, -0.25) is 4.90 Å². The van der Waals surface area contributed by atoms with Crippen molar-refractivity contribution in [2.75, 3.05) is 39.3 Å². The molecule has 1 saturated heterocycles. The number of benzene rings is 1. The molecule has 1 aromatic carbocycles. The van der Waals surface area contributed by atoms with E-state index >= 15 is 0 Å². The summed E-state index contributed by atoms with van der Waals surface area (Å²) in [4.78, 5) is 4.99. The van der Waals surface area contributed by atoms with Crippen LogP contribution < -0.4 is 0 Å². The predicted molar refractivity (Wildman–Crippen MR) is 82.4 cm³/mol. The lowest BCUT2D eigenvalue weighted by molar-refractivity contribution is 0.132. The number of piperazine rings is 1. The maximum Gasteiger partial charge on any atom is 0.0540 e. The zero-order valence-corrected chi connectivity index (χ0v) is 12.3. The molecule has 2 rings (SSSR count). The van der Waals surface area contributed by atoms with Crippen LogP contribution in [-0.4, -0.2) is 54.2 Å². The van der Waals surface area contributed by atoms with Crippen LogP contribution >= 0.6 is 0 Å². The highest BCUT2D eigenvalue weighted by atomic mass is 16.2. The van der Waals surface area contributed by atoms with Crippen molar-refractivity contribution in [3.8, 4) is 11.8 Å². The molecule has 3 heteroatoms. The Balaban J connectivity index is 1.98. The Kier molecular flexibility index (Phi) is 6.07. The average molecular weight is 272 g/mol. The highest BCUT2D eigenvalue weighted by molar-refractivity contribution is 5.41. The van der Waals surface area contributed by atoms with Gasteiger partial charge in [0, 0.05) is 44.7 Å². The molecule has 0 atom stereocenters. The number of aliphatic hydroxyl groups is 1. The van der Waals surface area contributed by atoms with E-state index in [9.17, 15) is 0 Å². The maximum atomic E-state index is 8.81. The Morgan fingerprint density at radius 1 is 1.10 bits per heavy atom. The highest BCUT2D eigenvalue weighted by Gasteiger charge is 2.16. The molecule has 0 bridgehead atoms. The molecule has 0 unspecified atom stereocenters. The van der Waals surface area contributed by atoms with Gasteiger partial charge in [-0.25, -0.2) is 0 Å². The normalized spacial score (nSPS) is 16.7. The van der Waals surface area contributed by atoms with Gasteiger partial charge in [0.25, 0.3) is 0 Å². The molecule has 0 radical (unpaired) electrons. The van der Waals surface area contributed by atoms with Gasteiger partial charge in [-0.15, -0.1) is 0 Å². The fraction of sp³-hybridized carbons (Fsp3) is 0.529. The van der Waals surface area contributed by atoms with Crippen molar-refractivity contribution in [2.24, 2.45) is 0 Å². The van der Waals surface area contributed by atoms with Crippen LogP contribution in [0, 0.1) is 11.8 Å². The molecule has 1 heterocycles. The van der Waals surface area contributed by atoms with Crippen molar-refractivity contribution in [2.45, 2.75) is 19.9 Å². The topological polar surface area (TPSA) is 26.7 Å². The zero-order valence-electron chi connectivity index (χ0n) is 12.3. The summed E-state index contributed by atoms with van der Waals surface area (Å²) in [5, 5.41) is 8.81. The fourth-order valence-electron chi connectivity index (χ4n) is 2.50. The summed E-state index contributed by atoms with van der Waals surface area (Å²) < 4.78 is 0. The van der Waals surface area contributed by atoms with Crippen molar-refractivity contribution in [1.82, 2.24) is 9.80 Å². The second-order valence-electron chi connectivity index (χ2n) is 5.14. The van der Waals surface area contributed by atoms with Crippen LogP contribution in [0.2, 0.25) is 0 Å². The minimum atomic E-state index is 0.133. The maximum absolute atomic E-state index is 8.81. The van der Waals surface area contributed by atoms with E-state index in [1.54, 1.807) is 0 Å². The quantitative estimate of drug-likeness (QED) is 0.843. The number of nitrogens with zero attached hydrogens (tertiary/aromatic N) is 2. The van der Waals surface area contributed by atoms with Gasteiger partial charge in [-0.1, -0.05) is 37.0 Å². The Hall–Kier alpha value is -1.34. The second kappa shape index (κ2) is 8.06. The van der Waals surface area contributed by atoms with Crippen LogP contribution in [0.25, 0.3) is 0 Å². The van der Waals surface area contributed by atoms with Gasteiger partial charge in [-0.2, -0.15) is 0 Å². The molecule has 3 nitrogen and oxygen atoms in total. The lowest BCUT2D eigenvalue weighted by atomic mass is 10.1. The first kappa shape index (κ1) is 15.1. The van der Waals surface area contributed by atoms with E-state index in [1.165, 1.54) is 5.56 Å². The van der Waals surface area contributed by atoms with Gasteiger partial charge in [-0.05, 0) is 18.2 Å². The molecule has 1 aliphatic rings. The lowest BCUT2D eigenvalue weighted by Gasteiger charge is -2.34. The van der Waals surface area contributed by atoms with E-state index in [0.29, 0.717) is 6.42 Å². The summed E-state index contributed by atoms with van der Waals surface area (Å²) in [6.07, 6.45) is 0.545. The van der Waals surface area contributed by atoms with Crippen LogP contribution in [-0.2, 0) is 6.54 Å². The third kappa shape index (κ3) is 4.35. The summed E-state index contributed by atoms with van der Waals surface area (Å²) in [6, 6.07) is 8.34. The SMILES string of the molecule is CCN1CCN(Cc2ccccc2C#CCCO)CC1. The predicted octanol–water partition coefficient (Wildman–Crippen LogP) is 1.56. The standard InChI is InChI=1S/C17H24N2O/c1-2-18-10-12-19(13-11-18)15-17-9-4-3-7-16(17)8-5-6-14-20/h3-4,7,9,20H,2,6,10-15H2,1H3. The van der Waals surface area contributed by atoms with Crippen molar-refractivity contribution in [1.29, 1.82) is 0 Å². The van der Waals surface area contributed by atoms with Crippen molar-refractivity contribution < 1.29 is 5.11 Å². The molecule has 0 aromatic heterocycles. The van der Waals surface area contributed by atoms with E-state index < -0.39 is 0 Å². The molecule has 1 aliphatic heterocycles. The molecule has 0 amide bonds. The number of hydrogen-bond donors (Lipinski definition) is 1. The number of rotatable bonds is 4. The molecule has 0 saturated carbocycles. The van der Waals surface area contributed by atoms with Gasteiger partial charge in [0.05, 0.1) is 6.61 Å². The molecular formula is C17H24N2O. The lowest BCUT2D eigenvalue weighted by Crippen LogP contribution is -2.45. The summed E-state index contributed by atoms with van der Waals surface area (Å²) in [5.41, 5.74) is 2.39. The number of likely N-dealkylation sites (N-methyl/N-ethyl adjacent to an activating group) is 1. The summed E-state index contributed by atoms with van der Waals surface area (Å²) in [6.45, 7) is 9.07. The Labute approximate surface area is 122 Å². The molecule has 1 N–H and O–H groups in total. The minimum Gasteiger partial charge on any atom is -0.395 e. The monoisotopic (exact) mass is 272 g/mol. The van der Waals surface area contributed by atoms with Gasteiger partial charge in [0.1, 0.15) is 0 Å². The van der Waals surface area contributed by atoms with E-state index in [4.69, 9.17) is 5.11 Å². The summed E-state index contributed by atoms with van der Waals surface area (Å²) >= 11 is 0.